The number of thiophene rings is 1. The first-order valence-electron chi connectivity index (χ1n) is 8.43. The topological polar surface area (TPSA) is 67.4 Å². The Bertz CT molecular complexity index is 921. The van der Waals surface area contributed by atoms with Crippen molar-refractivity contribution in [3.8, 4) is 5.75 Å². The van der Waals surface area contributed by atoms with Gasteiger partial charge in [-0.2, -0.15) is 0 Å². The van der Waals surface area contributed by atoms with Gasteiger partial charge in [-0.1, -0.05) is 0 Å². The summed E-state index contributed by atoms with van der Waals surface area (Å²) in [4.78, 5) is 25.5. The van der Waals surface area contributed by atoms with Gasteiger partial charge in [-0.25, -0.2) is 9.97 Å². The Kier molecular flexibility index (Phi) is 5.37. The van der Waals surface area contributed by atoms with Crippen molar-refractivity contribution in [2.75, 3.05) is 30.4 Å². The second-order valence-corrected chi connectivity index (χ2v) is 7.15. The van der Waals surface area contributed by atoms with Gasteiger partial charge >= 0.3 is 0 Å². The Hall–Kier alpha value is -2.67. The van der Waals surface area contributed by atoms with Crippen LogP contribution in [-0.2, 0) is 4.79 Å². The average Bonchev–Trinajstić information content (AvgIpc) is 2.94. The van der Waals surface area contributed by atoms with Crippen molar-refractivity contribution < 1.29 is 9.53 Å². The van der Waals surface area contributed by atoms with Crippen molar-refractivity contribution in [2.24, 2.45) is 0 Å². The molecule has 0 radical (unpaired) electrons. The largest absolute Gasteiger partial charge is 0.497 e. The quantitative estimate of drug-likeness (QED) is 0.715. The van der Waals surface area contributed by atoms with E-state index < -0.39 is 0 Å². The number of rotatable bonds is 6. The fourth-order valence-electron chi connectivity index (χ4n) is 2.79. The van der Waals surface area contributed by atoms with Gasteiger partial charge < -0.3 is 15.0 Å². The molecule has 3 rings (SSSR count). The predicted octanol–water partition coefficient (Wildman–Crippen LogP) is 3.78. The molecule has 0 spiro atoms. The van der Waals surface area contributed by atoms with E-state index in [4.69, 9.17) is 4.74 Å². The fraction of sp³-hybridized carbons (Fsp3) is 0.316. The molecule has 26 heavy (non-hydrogen) atoms. The summed E-state index contributed by atoms with van der Waals surface area (Å²) in [5, 5.41) is 3.95. The van der Waals surface area contributed by atoms with Crippen LogP contribution in [0.1, 0.15) is 17.4 Å². The lowest BCUT2D eigenvalue weighted by Gasteiger charge is -2.22. The number of ether oxygens (including phenoxy) is 1. The summed E-state index contributed by atoms with van der Waals surface area (Å²) in [7, 11) is 1.61. The highest BCUT2D eigenvalue weighted by Crippen LogP contribution is 2.34. The highest BCUT2D eigenvalue weighted by atomic mass is 32.1. The average molecular weight is 370 g/mol. The maximum Gasteiger partial charge on any atom is 0.243 e. The minimum atomic E-state index is -0.0895. The lowest BCUT2D eigenvalue weighted by Crippen LogP contribution is -2.33. The minimum absolute atomic E-state index is 0.0895. The number of carbonyl (C=O) groups is 1. The summed E-state index contributed by atoms with van der Waals surface area (Å²) in [5.74, 6) is 1.47. The zero-order chi connectivity index (χ0) is 18.7. The van der Waals surface area contributed by atoms with E-state index in [1.165, 1.54) is 10.4 Å². The fourth-order valence-corrected chi connectivity index (χ4v) is 3.78. The van der Waals surface area contributed by atoms with Gasteiger partial charge in [0.05, 0.1) is 19.0 Å². The van der Waals surface area contributed by atoms with Crippen LogP contribution in [0, 0.1) is 13.8 Å². The molecule has 0 unspecified atom stereocenters. The molecule has 0 saturated heterocycles. The number of anilines is 2. The Morgan fingerprint density at radius 1 is 1.23 bits per heavy atom. The van der Waals surface area contributed by atoms with E-state index in [0.717, 1.165) is 27.5 Å². The number of nitrogens with zero attached hydrogens (tertiary/aromatic N) is 3. The maximum absolute atomic E-state index is 12.5. The third kappa shape index (κ3) is 3.62. The standard InChI is InChI=1S/C19H22N4O2S/c1-5-23(10-16(24)22-14-6-8-15(25-4)9-7-14)18-17-12(2)13(3)26-19(17)21-11-20-18/h6-9,11H,5,10H2,1-4H3,(H,22,24). The lowest BCUT2D eigenvalue weighted by atomic mass is 10.2. The molecule has 3 aromatic rings. The normalized spacial score (nSPS) is 10.8. The van der Waals surface area contributed by atoms with Crippen molar-refractivity contribution in [1.29, 1.82) is 0 Å². The molecule has 0 aliphatic rings. The van der Waals surface area contributed by atoms with Crippen LogP contribution < -0.4 is 15.0 Å². The summed E-state index contributed by atoms with van der Waals surface area (Å²) < 4.78 is 5.13. The summed E-state index contributed by atoms with van der Waals surface area (Å²) in [5.41, 5.74) is 1.91. The van der Waals surface area contributed by atoms with E-state index in [9.17, 15) is 4.79 Å². The predicted molar refractivity (Wildman–Crippen MR) is 106 cm³/mol. The van der Waals surface area contributed by atoms with Crippen molar-refractivity contribution >= 4 is 39.0 Å². The van der Waals surface area contributed by atoms with Crippen molar-refractivity contribution in [3.63, 3.8) is 0 Å². The Labute approximate surface area is 156 Å². The third-order valence-electron chi connectivity index (χ3n) is 4.33. The Balaban J connectivity index is 1.80. The van der Waals surface area contributed by atoms with Crippen LogP contribution in [0.4, 0.5) is 11.5 Å². The SMILES string of the molecule is CCN(CC(=O)Nc1ccc(OC)cc1)c1ncnc2sc(C)c(C)c12. The zero-order valence-electron chi connectivity index (χ0n) is 15.4. The molecule has 6 nitrogen and oxygen atoms in total. The number of aromatic nitrogens is 2. The summed E-state index contributed by atoms with van der Waals surface area (Å²) >= 11 is 1.66. The highest BCUT2D eigenvalue weighted by Gasteiger charge is 2.18. The zero-order valence-corrected chi connectivity index (χ0v) is 16.2. The van der Waals surface area contributed by atoms with E-state index in [2.05, 4.69) is 29.1 Å². The number of fused-ring (bicyclic) bond motifs is 1. The molecule has 2 heterocycles. The van der Waals surface area contributed by atoms with E-state index in [0.29, 0.717) is 6.54 Å². The van der Waals surface area contributed by atoms with Gasteiger partial charge in [0.15, 0.2) is 0 Å². The molecule has 0 saturated carbocycles. The second-order valence-electron chi connectivity index (χ2n) is 5.95. The number of aryl methyl sites for hydroxylation is 2. The van der Waals surface area contributed by atoms with Crippen molar-refractivity contribution in [2.45, 2.75) is 20.8 Å². The van der Waals surface area contributed by atoms with Gasteiger partial charge in [0.25, 0.3) is 0 Å². The van der Waals surface area contributed by atoms with Gasteiger partial charge in [0.1, 0.15) is 22.7 Å². The van der Waals surface area contributed by atoms with Crippen LogP contribution in [0.25, 0.3) is 10.2 Å². The molecule has 0 bridgehead atoms. The minimum Gasteiger partial charge on any atom is -0.497 e. The number of benzene rings is 1. The number of carbonyl (C=O) groups excluding carboxylic acids is 1. The first-order chi connectivity index (χ1) is 12.5. The first-order valence-corrected chi connectivity index (χ1v) is 9.24. The molecule has 1 amide bonds. The number of methoxy groups -OCH3 is 1. The summed E-state index contributed by atoms with van der Waals surface area (Å²) in [6, 6.07) is 7.28. The molecule has 0 atom stereocenters. The van der Waals surface area contributed by atoms with Gasteiger partial charge in [-0.15, -0.1) is 11.3 Å². The van der Waals surface area contributed by atoms with Crippen LogP contribution in [0.5, 0.6) is 5.75 Å². The van der Waals surface area contributed by atoms with Crippen molar-refractivity contribution in [1.82, 2.24) is 9.97 Å². The smallest absolute Gasteiger partial charge is 0.243 e. The summed E-state index contributed by atoms with van der Waals surface area (Å²) in [6.45, 7) is 7.08. The maximum atomic E-state index is 12.5. The molecular formula is C19H22N4O2S. The molecule has 136 valence electrons. The van der Waals surface area contributed by atoms with Crippen LogP contribution in [0.2, 0.25) is 0 Å². The summed E-state index contributed by atoms with van der Waals surface area (Å²) in [6.07, 6.45) is 1.57. The molecule has 7 heteroatoms. The van der Waals surface area contributed by atoms with Crippen LogP contribution >= 0.6 is 11.3 Å². The first kappa shape index (κ1) is 18.1. The van der Waals surface area contributed by atoms with Gasteiger partial charge in [-0.05, 0) is 50.6 Å². The van der Waals surface area contributed by atoms with Gasteiger partial charge in [0.2, 0.25) is 5.91 Å². The number of hydrogen-bond donors (Lipinski definition) is 1. The molecular weight excluding hydrogens is 348 g/mol. The monoisotopic (exact) mass is 370 g/mol. The van der Waals surface area contributed by atoms with Gasteiger partial charge in [-0.3, -0.25) is 4.79 Å². The lowest BCUT2D eigenvalue weighted by molar-refractivity contribution is -0.115. The van der Waals surface area contributed by atoms with Crippen LogP contribution in [-0.4, -0.2) is 36.1 Å². The number of hydrogen-bond acceptors (Lipinski definition) is 6. The third-order valence-corrected chi connectivity index (χ3v) is 5.45. The molecule has 1 N–H and O–H groups in total. The molecule has 1 aromatic carbocycles. The van der Waals surface area contributed by atoms with E-state index in [-0.39, 0.29) is 12.5 Å². The van der Waals surface area contributed by atoms with E-state index in [1.54, 1.807) is 24.8 Å². The Morgan fingerprint density at radius 2 is 1.96 bits per heavy atom. The van der Waals surface area contributed by atoms with Crippen LogP contribution in [0.15, 0.2) is 30.6 Å². The number of nitrogens with one attached hydrogen (secondary N) is 1. The number of amides is 1. The second kappa shape index (κ2) is 7.70. The van der Waals surface area contributed by atoms with E-state index >= 15 is 0 Å². The highest BCUT2D eigenvalue weighted by molar-refractivity contribution is 7.18. The van der Waals surface area contributed by atoms with Crippen molar-refractivity contribution in [3.05, 3.63) is 41.0 Å². The molecule has 0 fully saturated rings. The molecule has 0 aliphatic heterocycles. The molecule has 2 aromatic heterocycles. The van der Waals surface area contributed by atoms with Crippen LogP contribution in [0.3, 0.4) is 0 Å². The Morgan fingerprint density at radius 3 is 2.62 bits per heavy atom. The number of likely N-dealkylation sites (N-methyl/N-ethyl adjacent to an activating group) is 1. The molecule has 0 aliphatic carbocycles. The van der Waals surface area contributed by atoms with E-state index in [1.807, 2.05) is 36.1 Å². The van der Waals surface area contributed by atoms with Gasteiger partial charge in [0, 0.05) is 17.1 Å².